The predicted octanol–water partition coefficient (Wildman–Crippen LogP) is 2.90. The standard InChI is InChI=1S/C19H20N4O2/c1-23(2)18(14-9-5-3-6-10-14)19-21-16(22-25-19)13-17(24)20-15-11-7-4-8-12-15/h3-12,18H,13H2,1-2H3,(H,20,24)/t18-/m1/s1. The Bertz CT molecular complexity index is 816. The van der Waals surface area contributed by atoms with Crippen molar-refractivity contribution >= 4 is 11.6 Å². The Labute approximate surface area is 146 Å². The Kier molecular flexibility index (Phi) is 5.20. The highest BCUT2D eigenvalue weighted by Gasteiger charge is 2.23. The molecule has 0 aliphatic carbocycles. The molecule has 6 heteroatoms. The summed E-state index contributed by atoms with van der Waals surface area (Å²) in [4.78, 5) is 18.5. The van der Waals surface area contributed by atoms with Crippen LogP contribution in [0.3, 0.4) is 0 Å². The highest BCUT2D eigenvalue weighted by molar-refractivity contribution is 5.91. The largest absolute Gasteiger partial charge is 0.337 e. The lowest BCUT2D eigenvalue weighted by atomic mass is 10.1. The van der Waals surface area contributed by atoms with E-state index in [9.17, 15) is 4.79 Å². The van der Waals surface area contributed by atoms with Crippen LogP contribution < -0.4 is 5.32 Å². The van der Waals surface area contributed by atoms with Gasteiger partial charge >= 0.3 is 0 Å². The highest BCUT2D eigenvalue weighted by Crippen LogP contribution is 2.25. The van der Waals surface area contributed by atoms with Gasteiger partial charge in [-0.2, -0.15) is 4.98 Å². The zero-order valence-electron chi connectivity index (χ0n) is 14.2. The number of para-hydroxylation sites is 1. The summed E-state index contributed by atoms with van der Waals surface area (Å²) in [6.45, 7) is 0. The predicted molar refractivity (Wildman–Crippen MR) is 95.0 cm³/mol. The first-order chi connectivity index (χ1) is 12.1. The van der Waals surface area contributed by atoms with Crippen LogP contribution in [-0.2, 0) is 11.2 Å². The maximum absolute atomic E-state index is 12.1. The van der Waals surface area contributed by atoms with Crippen LogP contribution in [0.5, 0.6) is 0 Å². The third-order valence-corrected chi connectivity index (χ3v) is 3.73. The molecule has 3 rings (SSSR count). The number of nitrogens with one attached hydrogen (secondary N) is 1. The number of amides is 1. The Morgan fingerprint density at radius 1 is 1.08 bits per heavy atom. The quantitative estimate of drug-likeness (QED) is 0.749. The van der Waals surface area contributed by atoms with Crippen LogP contribution in [0.25, 0.3) is 0 Å². The average Bonchev–Trinajstić information content (AvgIpc) is 3.04. The Morgan fingerprint density at radius 3 is 2.36 bits per heavy atom. The fourth-order valence-electron chi connectivity index (χ4n) is 2.62. The number of nitrogens with zero attached hydrogens (tertiary/aromatic N) is 3. The number of rotatable bonds is 6. The fourth-order valence-corrected chi connectivity index (χ4v) is 2.62. The second-order valence-electron chi connectivity index (χ2n) is 5.92. The minimum absolute atomic E-state index is 0.0628. The van der Waals surface area contributed by atoms with Crippen LogP contribution in [0.15, 0.2) is 65.2 Å². The van der Waals surface area contributed by atoms with Crippen molar-refractivity contribution in [3.63, 3.8) is 0 Å². The summed E-state index contributed by atoms with van der Waals surface area (Å²) in [5.41, 5.74) is 1.79. The van der Waals surface area contributed by atoms with E-state index >= 15 is 0 Å². The van der Waals surface area contributed by atoms with E-state index in [4.69, 9.17) is 4.52 Å². The first-order valence-corrected chi connectivity index (χ1v) is 8.02. The van der Waals surface area contributed by atoms with Gasteiger partial charge in [-0.05, 0) is 31.8 Å². The zero-order chi connectivity index (χ0) is 17.6. The van der Waals surface area contributed by atoms with E-state index in [1.165, 1.54) is 0 Å². The van der Waals surface area contributed by atoms with Crippen LogP contribution >= 0.6 is 0 Å². The van der Waals surface area contributed by atoms with Gasteiger partial charge in [-0.25, -0.2) is 0 Å². The van der Waals surface area contributed by atoms with E-state index < -0.39 is 0 Å². The van der Waals surface area contributed by atoms with Crippen molar-refractivity contribution in [3.05, 3.63) is 77.9 Å². The second-order valence-corrected chi connectivity index (χ2v) is 5.92. The molecule has 0 saturated carbocycles. The molecule has 1 atom stereocenters. The molecule has 0 spiro atoms. The number of hydrogen-bond donors (Lipinski definition) is 1. The molecule has 0 fully saturated rings. The monoisotopic (exact) mass is 336 g/mol. The molecule has 1 amide bonds. The van der Waals surface area contributed by atoms with Crippen LogP contribution in [0.2, 0.25) is 0 Å². The molecule has 1 aromatic heterocycles. The van der Waals surface area contributed by atoms with Gasteiger partial charge < -0.3 is 9.84 Å². The summed E-state index contributed by atoms with van der Waals surface area (Å²) < 4.78 is 5.41. The SMILES string of the molecule is CN(C)[C@H](c1ccccc1)c1nc(CC(=O)Nc2ccccc2)no1. The Balaban J connectivity index is 1.72. The minimum Gasteiger partial charge on any atom is -0.337 e. The number of aromatic nitrogens is 2. The van der Waals surface area contributed by atoms with Gasteiger partial charge in [-0.1, -0.05) is 53.7 Å². The lowest BCUT2D eigenvalue weighted by Gasteiger charge is -2.20. The van der Waals surface area contributed by atoms with E-state index in [1.54, 1.807) is 0 Å². The number of carbonyl (C=O) groups is 1. The fraction of sp³-hybridized carbons (Fsp3) is 0.211. The highest BCUT2D eigenvalue weighted by atomic mass is 16.5. The van der Waals surface area contributed by atoms with Crippen molar-refractivity contribution < 1.29 is 9.32 Å². The van der Waals surface area contributed by atoms with Gasteiger partial charge in [0.15, 0.2) is 5.82 Å². The second kappa shape index (κ2) is 7.72. The average molecular weight is 336 g/mol. The molecule has 3 aromatic rings. The van der Waals surface area contributed by atoms with Crippen LogP contribution in [0.4, 0.5) is 5.69 Å². The molecule has 2 aromatic carbocycles. The summed E-state index contributed by atoms with van der Waals surface area (Å²) in [6.07, 6.45) is 0.0628. The van der Waals surface area contributed by atoms with E-state index in [0.717, 1.165) is 11.3 Å². The molecule has 1 N–H and O–H groups in total. The lowest BCUT2D eigenvalue weighted by Crippen LogP contribution is -2.21. The number of anilines is 1. The summed E-state index contributed by atoms with van der Waals surface area (Å²) in [7, 11) is 3.90. The van der Waals surface area contributed by atoms with E-state index in [0.29, 0.717) is 11.7 Å². The minimum atomic E-state index is -0.181. The summed E-state index contributed by atoms with van der Waals surface area (Å²) in [6, 6.07) is 19.1. The van der Waals surface area contributed by atoms with E-state index in [-0.39, 0.29) is 18.4 Å². The summed E-state index contributed by atoms with van der Waals surface area (Å²) in [5.74, 6) is 0.657. The van der Waals surface area contributed by atoms with Gasteiger partial charge in [0.05, 0.1) is 6.42 Å². The van der Waals surface area contributed by atoms with Crippen molar-refractivity contribution in [2.75, 3.05) is 19.4 Å². The molecule has 6 nitrogen and oxygen atoms in total. The normalized spacial score (nSPS) is 12.1. The van der Waals surface area contributed by atoms with Crippen LogP contribution in [0, 0.1) is 0 Å². The van der Waals surface area contributed by atoms with E-state index in [1.807, 2.05) is 79.7 Å². The van der Waals surface area contributed by atoms with Gasteiger partial charge in [0.2, 0.25) is 11.8 Å². The first-order valence-electron chi connectivity index (χ1n) is 8.02. The molecule has 0 saturated heterocycles. The molecule has 128 valence electrons. The van der Waals surface area contributed by atoms with Crippen LogP contribution in [-0.4, -0.2) is 35.0 Å². The van der Waals surface area contributed by atoms with Crippen molar-refractivity contribution in [1.29, 1.82) is 0 Å². The van der Waals surface area contributed by atoms with E-state index in [2.05, 4.69) is 15.5 Å². The zero-order valence-corrected chi connectivity index (χ0v) is 14.2. The molecule has 0 aliphatic rings. The molecule has 0 unspecified atom stereocenters. The van der Waals surface area contributed by atoms with Crippen molar-refractivity contribution in [3.8, 4) is 0 Å². The number of carbonyl (C=O) groups excluding carboxylic acids is 1. The molecule has 0 bridgehead atoms. The van der Waals surface area contributed by atoms with Crippen molar-refractivity contribution in [1.82, 2.24) is 15.0 Å². The van der Waals surface area contributed by atoms with Gasteiger partial charge in [0, 0.05) is 5.69 Å². The summed E-state index contributed by atoms with van der Waals surface area (Å²) in [5, 5.41) is 6.77. The van der Waals surface area contributed by atoms with Crippen molar-refractivity contribution in [2.24, 2.45) is 0 Å². The molecular formula is C19H20N4O2. The first kappa shape index (κ1) is 16.9. The van der Waals surface area contributed by atoms with Gasteiger partial charge in [0.1, 0.15) is 6.04 Å². The van der Waals surface area contributed by atoms with Gasteiger partial charge in [-0.15, -0.1) is 0 Å². The maximum atomic E-state index is 12.1. The summed E-state index contributed by atoms with van der Waals surface area (Å²) >= 11 is 0. The van der Waals surface area contributed by atoms with Gasteiger partial charge in [-0.3, -0.25) is 9.69 Å². The lowest BCUT2D eigenvalue weighted by molar-refractivity contribution is -0.115. The topological polar surface area (TPSA) is 71.3 Å². The van der Waals surface area contributed by atoms with Gasteiger partial charge in [0.25, 0.3) is 0 Å². The molecular weight excluding hydrogens is 316 g/mol. The molecule has 0 aliphatic heterocycles. The Hall–Kier alpha value is -2.99. The third-order valence-electron chi connectivity index (χ3n) is 3.73. The van der Waals surface area contributed by atoms with Crippen LogP contribution in [0.1, 0.15) is 23.3 Å². The molecule has 25 heavy (non-hydrogen) atoms. The maximum Gasteiger partial charge on any atom is 0.248 e. The number of hydrogen-bond acceptors (Lipinski definition) is 5. The van der Waals surface area contributed by atoms with Crippen molar-refractivity contribution in [2.45, 2.75) is 12.5 Å². The Morgan fingerprint density at radius 2 is 1.72 bits per heavy atom. The third kappa shape index (κ3) is 4.30. The number of benzene rings is 2. The smallest absolute Gasteiger partial charge is 0.248 e. The molecule has 1 heterocycles. The molecule has 0 radical (unpaired) electrons.